The van der Waals surface area contributed by atoms with Crippen LogP contribution in [0.15, 0.2) is 12.2 Å². The van der Waals surface area contributed by atoms with E-state index >= 15 is 0 Å². The van der Waals surface area contributed by atoms with Crippen LogP contribution >= 0.6 is 0 Å². The number of carbonyl (C=O) groups excluding carboxylic acids is 1. The van der Waals surface area contributed by atoms with Crippen molar-refractivity contribution in [1.82, 2.24) is 5.32 Å². The predicted molar refractivity (Wildman–Crippen MR) is 56.2 cm³/mol. The third-order valence-corrected chi connectivity index (χ3v) is 2.31. The van der Waals surface area contributed by atoms with Gasteiger partial charge in [-0.1, -0.05) is 12.2 Å². The smallest absolute Gasteiger partial charge is 0.407 e. The maximum absolute atomic E-state index is 11.2. The van der Waals surface area contributed by atoms with Crippen LogP contribution in [0.4, 0.5) is 4.79 Å². The summed E-state index contributed by atoms with van der Waals surface area (Å²) in [4.78, 5) is 11.2. The van der Waals surface area contributed by atoms with Crippen LogP contribution in [0.5, 0.6) is 0 Å². The number of alkyl carbamates (subject to hydrolysis) is 1. The standard InChI is InChI=1S/C11H19NO2/c1-2-12-11(13)14-10-8-6-4-3-5-7-9-10/h4,6,10H,2-3,5,7-9H2,1H3,(H,12,13)/b6-4+. The maximum atomic E-state index is 11.2. The molecule has 1 aliphatic carbocycles. The summed E-state index contributed by atoms with van der Waals surface area (Å²) in [5, 5.41) is 2.64. The molecule has 1 rings (SSSR count). The molecule has 0 aromatic carbocycles. The fraction of sp³-hybridized carbons (Fsp3) is 0.727. The summed E-state index contributed by atoms with van der Waals surface area (Å²) in [5.41, 5.74) is 0. The summed E-state index contributed by atoms with van der Waals surface area (Å²) in [5.74, 6) is 0. The van der Waals surface area contributed by atoms with Gasteiger partial charge in [0.25, 0.3) is 0 Å². The van der Waals surface area contributed by atoms with Crippen molar-refractivity contribution in [2.75, 3.05) is 6.54 Å². The zero-order valence-corrected chi connectivity index (χ0v) is 8.79. The van der Waals surface area contributed by atoms with Gasteiger partial charge in [0.1, 0.15) is 6.10 Å². The van der Waals surface area contributed by atoms with E-state index in [0.717, 1.165) is 25.7 Å². The molecule has 0 heterocycles. The lowest BCUT2D eigenvalue weighted by atomic mass is 10.0. The quantitative estimate of drug-likeness (QED) is 0.691. The molecule has 1 amide bonds. The van der Waals surface area contributed by atoms with Gasteiger partial charge in [0, 0.05) is 13.0 Å². The molecule has 0 aliphatic heterocycles. The molecule has 3 heteroatoms. The summed E-state index contributed by atoms with van der Waals surface area (Å²) in [6.07, 6.45) is 9.42. The largest absolute Gasteiger partial charge is 0.446 e. The van der Waals surface area contributed by atoms with E-state index in [1.165, 1.54) is 6.42 Å². The number of nitrogens with one attached hydrogen (secondary N) is 1. The number of hydrogen-bond donors (Lipinski definition) is 1. The lowest BCUT2D eigenvalue weighted by Crippen LogP contribution is -2.28. The number of amides is 1. The Bertz CT molecular complexity index is 201. The zero-order chi connectivity index (χ0) is 10.2. The highest BCUT2D eigenvalue weighted by molar-refractivity contribution is 5.67. The van der Waals surface area contributed by atoms with Crippen molar-refractivity contribution in [2.45, 2.75) is 45.1 Å². The van der Waals surface area contributed by atoms with Crippen molar-refractivity contribution in [2.24, 2.45) is 0 Å². The van der Waals surface area contributed by atoms with Crippen LogP contribution in [-0.4, -0.2) is 18.7 Å². The Kier molecular flexibility index (Phi) is 5.12. The van der Waals surface area contributed by atoms with E-state index in [9.17, 15) is 4.79 Å². The second-order valence-corrected chi connectivity index (χ2v) is 3.55. The highest BCUT2D eigenvalue weighted by Gasteiger charge is 2.12. The Morgan fingerprint density at radius 3 is 3.14 bits per heavy atom. The first-order chi connectivity index (χ1) is 6.83. The van der Waals surface area contributed by atoms with E-state index in [2.05, 4.69) is 17.5 Å². The van der Waals surface area contributed by atoms with E-state index in [0.29, 0.717) is 6.54 Å². The highest BCUT2D eigenvalue weighted by atomic mass is 16.6. The number of allylic oxidation sites excluding steroid dienone is 1. The Morgan fingerprint density at radius 2 is 2.36 bits per heavy atom. The molecule has 0 fully saturated rings. The molecule has 1 N–H and O–H groups in total. The minimum atomic E-state index is -0.286. The van der Waals surface area contributed by atoms with Gasteiger partial charge < -0.3 is 10.1 Å². The summed E-state index contributed by atoms with van der Waals surface area (Å²) < 4.78 is 5.27. The van der Waals surface area contributed by atoms with E-state index < -0.39 is 0 Å². The molecule has 3 nitrogen and oxygen atoms in total. The van der Waals surface area contributed by atoms with Gasteiger partial charge in [-0.3, -0.25) is 0 Å². The molecule has 0 bridgehead atoms. The van der Waals surface area contributed by atoms with Gasteiger partial charge in [0.2, 0.25) is 0 Å². The minimum Gasteiger partial charge on any atom is -0.446 e. The number of ether oxygens (including phenoxy) is 1. The van der Waals surface area contributed by atoms with Gasteiger partial charge in [-0.2, -0.15) is 0 Å². The highest BCUT2D eigenvalue weighted by Crippen LogP contribution is 2.14. The van der Waals surface area contributed by atoms with E-state index in [1.54, 1.807) is 0 Å². The number of hydrogen-bond acceptors (Lipinski definition) is 2. The Morgan fingerprint density at radius 1 is 1.50 bits per heavy atom. The first-order valence-electron chi connectivity index (χ1n) is 5.42. The zero-order valence-electron chi connectivity index (χ0n) is 8.79. The second-order valence-electron chi connectivity index (χ2n) is 3.55. The Labute approximate surface area is 85.5 Å². The van der Waals surface area contributed by atoms with E-state index in [1.807, 2.05) is 6.92 Å². The molecule has 0 spiro atoms. The van der Waals surface area contributed by atoms with Gasteiger partial charge in [-0.05, 0) is 32.6 Å². The fourth-order valence-corrected chi connectivity index (χ4v) is 1.56. The van der Waals surface area contributed by atoms with Crippen LogP contribution in [-0.2, 0) is 4.74 Å². The van der Waals surface area contributed by atoms with Crippen molar-refractivity contribution in [3.05, 3.63) is 12.2 Å². The SMILES string of the molecule is CCNC(=O)OC1C/C=C/CCCC1. The summed E-state index contributed by atoms with van der Waals surface area (Å²) in [6, 6.07) is 0. The van der Waals surface area contributed by atoms with Crippen molar-refractivity contribution in [3.8, 4) is 0 Å². The molecule has 80 valence electrons. The summed E-state index contributed by atoms with van der Waals surface area (Å²) in [6.45, 7) is 2.51. The van der Waals surface area contributed by atoms with Gasteiger partial charge in [0.15, 0.2) is 0 Å². The van der Waals surface area contributed by atoms with E-state index in [-0.39, 0.29) is 12.2 Å². The fourth-order valence-electron chi connectivity index (χ4n) is 1.56. The normalized spacial score (nSPS) is 24.5. The minimum absolute atomic E-state index is 0.0677. The molecule has 14 heavy (non-hydrogen) atoms. The van der Waals surface area contributed by atoms with Crippen LogP contribution in [0.2, 0.25) is 0 Å². The topological polar surface area (TPSA) is 38.3 Å². The van der Waals surface area contributed by atoms with Crippen molar-refractivity contribution >= 4 is 6.09 Å². The third-order valence-electron chi connectivity index (χ3n) is 2.31. The first-order valence-corrected chi connectivity index (χ1v) is 5.42. The Hall–Kier alpha value is -0.990. The van der Waals surface area contributed by atoms with Gasteiger partial charge in [0.05, 0.1) is 0 Å². The van der Waals surface area contributed by atoms with Gasteiger partial charge in [-0.15, -0.1) is 0 Å². The molecule has 0 radical (unpaired) electrons. The monoisotopic (exact) mass is 197 g/mol. The van der Waals surface area contributed by atoms with Crippen molar-refractivity contribution < 1.29 is 9.53 Å². The second kappa shape index (κ2) is 6.46. The summed E-state index contributed by atoms with van der Waals surface area (Å²) >= 11 is 0. The molecule has 1 unspecified atom stereocenters. The lowest BCUT2D eigenvalue weighted by Gasteiger charge is -2.17. The average molecular weight is 197 g/mol. The van der Waals surface area contributed by atoms with Gasteiger partial charge >= 0.3 is 6.09 Å². The molecule has 0 saturated carbocycles. The molecular formula is C11H19NO2. The molecule has 0 aromatic rings. The van der Waals surface area contributed by atoms with Crippen LogP contribution in [0, 0.1) is 0 Å². The molecule has 0 aromatic heterocycles. The van der Waals surface area contributed by atoms with Crippen molar-refractivity contribution in [1.29, 1.82) is 0 Å². The third kappa shape index (κ3) is 4.30. The first kappa shape index (κ1) is 11.1. The molecule has 1 aliphatic rings. The predicted octanol–water partition coefficient (Wildman–Crippen LogP) is 2.62. The van der Waals surface area contributed by atoms with Crippen LogP contribution in [0.25, 0.3) is 0 Å². The molecular weight excluding hydrogens is 178 g/mol. The molecule has 1 atom stereocenters. The van der Waals surface area contributed by atoms with E-state index in [4.69, 9.17) is 4.74 Å². The number of rotatable bonds is 2. The summed E-state index contributed by atoms with van der Waals surface area (Å²) in [7, 11) is 0. The van der Waals surface area contributed by atoms with Crippen LogP contribution in [0.1, 0.15) is 39.0 Å². The maximum Gasteiger partial charge on any atom is 0.407 e. The molecule has 0 saturated heterocycles. The van der Waals surface area contributed by atoms with Crippen molar-refractivity contribution in [3.63, 3.8) is 0 Å². The Balaban J connectivity index is 2.30. The average Bonchev–Trinajstić information content (AvgIpc) is 2.10. The van der Waals surface area contributed by atoms with Crippen LogP contribution < -0.4 is 5.32 Å². The lowest BCUT2D eigenvalue weighted by molar-refractivity contribution is 0.0923. The number of carbonyl (C=O) groups is 1. The van der Waals surface area contributed by atoms with Crippen LogP contribution in [0.3, 0.4) is 0 Å². The van der Waals surface area contributed by atoms with Gasteiger partial charge in [-0.25, -0.2) is 4.79 Å².